The van der Waals surface area contributed by atoms with Crippen LogP contribution in [0.1, 0.15) is 12.8 Å². The van der Waals surface area contributed by atoms with Crippen LogP contribution in [0.3, 0.4) is 0 Å². The van der Waals surface area contributed by atoms with Crippen LogP contribution in [-0.2, 0) is 0 Å². The van der Waals surface area contributed by atoms with Crippen molar-refractivity contribution in [3.05, 3.63) is 30.5 Å². The van der Waals surface area contributed by atoms with Gasteiger partial charge < -0.3 is 10.2 Å². The lowest BCUT2D eigenvalue weighted by atomic mass is 10.1. The van der Waals surface area contributed by atoms with Crippen molar-refractivity contribution in [2.75, 3.05) is 25.0 Å². The third-order valence-corrected chi connectivity index (χ3v) is 3.68. The lowest BCUT2D eigenvalue weighted by Gasteiger charge is -2.33. The third kappa shape index (κ3) is 2.04. The number of likely N-dealkylation sites (N-methyl/N-ethyl adjacent to an activating group) is 1. The molecule has 2 aromatic rings. The van der Waals surface area contributed by atoms with Gasteiger partial charge in [-0.25, -0.2) is 0 Å². The molecule has 0 radical (unpaired) electrons. The minimum atomic E-state index is 0.555. The number of nitrogens with zero attached hydrogens (tertiary/aromatic N) is 3. The zero-order valence-electron chi connectivity index (χ0n) is 10.6. The van der Waals surface area contributed by atoms with Gasteiger partial charge in [-0.1, -0.05) is 24.3 Å². The maximum absolute atomic E-state index is 4.35. The van der Waals surface area contributed by atoms with Crippen molar-refractivity contribution >= 4 is 16.6 Å². The number of hydrogen-bond donors (Lipinski definition) is 1. The van der Waals surface area contributed by atoms with Crippen molar-refractivity contribution in [1.29, 1.82) is 0 Å². The summed E-state index contributed by atoms with van der Waals surface area (Å²) in [5, 5.41) is 14.2. The standard InChI is InChI=1S/C14H18N4/c1-15-12-6-4-8-18(10-12)14-13-7-3-2-5-11(13)9-16-17-14/h2-3,5,7,9,12,15H,4,6,8,10H2,1H3. The second-order valence-corrected chi connectivity index (χ2v) is 4.83. The molecule has 0 saturated carbocycles. The summed E-state index contributed by atoms with van der Waals surface area (Å²) in [6, 6.07) is 8.88. The number of aromatic nitrogens is 2. The number of nitrogens with one attached hydrogen (secondary N) is 1. The van der Waals surface area contributed by atoms with E-state index >= 15 is 0 Å². The van der Waals surface area contributed by atoms with E-state index in [0.29, 0.717) is 6.04 Å². The number of anilines is 1. The molecule has 18 heavy (non-hydrogen) atoms. The Bertz CT molecular complexity index is 535. The third-order valence-electron chi connectivity index (χ3n) is 3.68. The fourth-order valence-electron chi connectivity index (χ4n) is 2.65. The van der Waals surface area contributed by atoms with Crippen LogP contribution in [-0.4, -0.2) is 36.4 Å². The monoisotopic (exact) mass is 242 g/mol. The van der Waals surface area contributed by atoms with Crippen LogP contribution in [0, 0.1) is 0 Å². The van der Waals surface area contributed by atoms with Crippen LogP contribution >= 0.6 is 0 Å². The van der Waals surface area contributed by atoms with E-state index in [1.54, 1.807) is 0 Å². The molecule has 1 aromatic heterocycles. The first kappa shape index (κ1) is 11.4. The Hall–Kier alpha value is -1.68. The van der Waals surface area contributed by atoms with Crippen LogP contribution in [0.15, 0.2) is 30.5 Å². The molecule has 0 aliphatic carbocycles. The van der Waals surface area contributed by atoms with Gasteiger partial charge in [-0.15, -0.1) is 5.10 Å². The van der Waals surface area contributed by atoms with Gasteiger partial charge in [-0.05, 0) is 19.9 Å². The van der Waals surface area contributed by atoms with Gasteiger partial charge in [0.2, 0.25) is 0 Å². The van der Waals surface area contributed by atoms with Crippen LogP contribution in [0.25, 0.3) is 10.8 Å². The van der Waals surface area contributed by atoms with E-state index in [4.69, 9.17) is 0 Å². The summed E-state index contributed by atoms with van der Waals surface area (Å²) in [7, 11) is 2.03. The second kappa shape index (κ2) is 4.90. The van der Waals surface area contributed by atoms with Crippen molar-refractivity contribution in [2.24, 2.45) is 0 Å². The molecule has 1 fully saturated rings. The molecular weight excluding hydrogens is 224 g/mol. The maximum Gasteiger partial charge on any atom is 0.159 e. The van der Waals surface area contributed by atoms with Crippen molar-refractivity contribution < 1.29 is 0 Å². The summed E-state index contributed by atoms with van der Waals surface area (Å²) in [5.74, 6) is 1.02. The molecule has 3 rings (SSSR count). The smallest absolute Gasteiger partial charge is 0.159 e. The molecule has 1 aliphatic rings. The van der Waals surface area contributed by atoms with E-state index in [-0.39, 0.29) is 0 Å². The van der Waals surface area contributed by atoms with Crippen LogP contribution in [0.4, 0.5) is 5.82 Å². The molecule has 0 amide bonds. The molecule has 4 heteroatoms. The molecule has 2 heterocycles. The second-order valence-electron chi connectivity index (χ2n) is 4.83. The van der Waals surface area contributed by atoms with Crippen molar-refractivity contribution in [3.63, 3.8) is 0 Å². The summed E-state index contributed by atoms with van der Waals surface area (Å²) in [4.78, 5) is 2.35. The Balaban J connectivity index is 1.98. The highest BCUT2D eigenvalue weighted by molar-refractivity contribution is 5.91. The van der Waals surface area contributed by atoms with Gasteiger partial charge in [0.05, 0.1) is 6.20 Å². The van der Waals surface area contributed by atoms with Gasteiger partial charge in [0.15, 0.2) is 5.82 Å². The van der Waals surface area contributed by atoms with Gasteiger partial charge in [-0.2, -0.15) is 5.10 Å². The first-order valence-electron chi connectivity index (χ1n) is 6.51. The lowest BCUT2D eigenvalue weighted by molar-refractivity contribution is 0.447. The summed E-state index contributed by atoms with van der Waals surface area (Å²) >= 11 is 0. The largest absolute Gasteiger partial charge is 0.353 e. The molecule has 0 spiro atoms. The predicted octanol–water partition coefficient (Wildman–Crippen LogP) is 1.82. The predicted molar refractivity (Wildman–Crippen MR) is 73.8 cm³/mol. The van der Waals surface area contributed by atoms with E-state index in [2.05, 4.69) is 38.6 Å². The summed E-state index contributed by atoms with van der Waals surface area (Å²) in [5.41, 5.74) is 0. The quantitative estimate of drug-likeness (QED) is 0.872. The number of benzene rings is 1. The minimum absolute atomic E-state index is 0.555. The zero-order chi connectivity index (χ0) is 12.4. The van der Waals surface area contributed by atoms with E-state index in [1.165, 1.54) is 18.2 Å². The van der Waals surface area contributed by atoms with Crippen LogP contribution in [0.2, 0.25) is 0 Å². The van der Waals surface area contributed by atoms with Gasteiger partial charge in [0.25, 0.3) is 0 Å². The highest BCUT2D eigenvalue weighted by atomic mass is 15.3. The lowest BCUT2D eigenvalue weighted by Crippen LogP contribution is -2.44. The molecular formula is C14H18N4. The van der Waals surface area contributed by atoms with Crippen molar-refractivity contribution in [2.45, 2.75) is 18.9 Å². The van der Waals surface area contributed by atoms with Gasteiger partial charge >= 0.3 is 0 Å². The SMILES string of the molecule is CNC1CCCN(c2nncc3ccccc23)C1. The molecule has 1 saturated heterocycles. The first-order valence-corrected chi connectivity index (χ1v) is 6.51. The summed E-state index contributed by atoms with van der Waals surface area (Å²) in [6.07, 6.45) is 4.28. The van der Waals surface area contributed by atoms with E-state index < -0.39 is 0 Å². The number of rotatable bonds is 2. The number of piperidine rings is 1. The molecule has 94 valence electrons. The molecule has 0 bridgehead atoms. The molecule has 1 N–H and O–H groups in total. The van der Waals surface area contributed by atoms with Gasteiger partial charge in [0.1, 0.15) is 0 Å². The van der Waals surface area contributed by atoms with E-state index in [1.807, 2.05) is 19.3 Å². The summed E-state index contributed by atoms with van der Waals surface area (Å²) < 4.78 is 0. The van der Waals surface area contributed by atoms with E-state index in [0.717, 1.165) is 24.3 Å². The highest BCUT2D eigenvalue weighted by Gasteiger charge is 2.21. The Morgan fingerprint density at radius 2 is 2.22 bits per heavy atom. The van der Waals surface area contributed by atoms with Crippen LogP contribution < -0.4 is 10.2 Å². The Morgan fingerprint density at radius 3 is 3.11 bits per heavy atom. The highest BCUT2D eigenvalue weighted by Crippen LogP contribution is 2.25. The molecule has 1 aliphatic heterocycles. The van der Waals surface area contributed by atoms with Gasteiger partial charge in [-0.3, -0.25) is 0 Å². The first-order chi connectivity index (χ1) is 8.88. The summed E-state index contributed by atoms with van der Waals surface area (Å²) in [6.45, 7) is 2.08. The Morgan fingerprint density at radius 1 is 1.33 bits per heavy atom. The Kier molecular flexibility index (Phi) is 3.11. The normalized spacial score (nSPS) is 20.3. The molecule has 1 unspecified atom stereocenters. The molecule has 1 aromatic carbocycles. The fraction of sp³-hybridized carbons (Fsp3) is 0.429. The van der Waals surface area contributed by atoms with Crippen molar-refractivity contribution in [3.8, 4) is 0 Å². The minimum Gasteiger partial charge on any atom is -0.353 e. The number of fused-ring (bicyclic) bond motifs is 1. The van der Waals surface area contributed by atoms with Crippen LogP contribution in [0.5, 0.6) is 0 Å². The maximum atomic E-state index is 4.35. The zero-order valence-corrected chi connectivity index (χ0v) is 10.6. The average Bonchev–Trinajstić information content (AvgIpc) is 2.47. The molecule has 4 nitrogen and oxygen atoms in total. The average molecular weight is 242 g/mol. The molecule has 1 atom stereocenters. The van der Waals surface area contributed by atoms with Gasteiger partial charge in [0, 0.05) is 29.9 Å². The van der Waals surface area contributed by atoms with Crippen molar-refractivity contribution in [1.82, 2.24) is 15.5 Å². The van der Waals surface area contributed by atoms with E-state index in [9.17, 15) is 0 Å². The number of hydrogen-bond acceptors (Lipinski definition) is 4. The Labute approximate surface area is 107 Å². The topological polar surface area (TPSA) is 41.0 Å². The fourth-order valence-corrected chi connectivity index (χ4v) is 2.65.